The van der Waals surface area contributed by atoms with Crippen molar-refractivity contribution in [1.29, 1.82) is 0 Å². The van der Waals surface area contributed by atoms with Crippen LogP contribution in [0.15, 0.2) is 18.2 Å². The Morgan fingerprint density at radius 2 is 1.62 bits per heavy atom. The lowest BCUT2D eigenvalue weighted by Crippen LogP contribution is -2.60. The summed E-state index contributed by atoms with van der Waals surface area (Å²) in [6, 6.07) is 3.72. The molecule has 1 aliphatic rings. The summed E-state index contributed by atoms with van der Waals surface area (Å²) in [5.74, 6) is 0.211. The van der Waals surface area contributed by atoms with Crippen LogP contribution in [0.3, 0.4) is 0 Å². The van der Waals surface area contributed by atoms with Gasteiger partial charge in [-0.2, -0.15) is 13.2 Å². The lowest BCUT2D eigenvalue weighted by Gasteiger charge is -2.53. The zero-order chi connectivity index (χ0) is 17.6. The molecule has 1 heterocycles. The number of hydrogen-bond donors (Lipinski definition) is 0. The van der Waals surface area contributed by atoms with E-state index >= 15 is 0 Å². The quantitative estimate of drug-likeness (QED) is 0.636. The van der Waals surface area contributed by atoms with Gasteiger partial charge >= 0.3 is 6.18 Å². The summed E-state index contributed by atoms with van der Waals surface area (Å²) < 4.78 is 44.8. The number of benzene rings is 1. The first-order valence-corrected chi connectivity index (χ1v) is 7.98. The van der Waals surface area contributed by atoms with Crippen LogP contribution >= 0.6 is 24.0 Å². The number of hydrogen-bond acceptors (Lipinski definition) is 2. The van der Waals surface area contributed by atoms with Crippen LogP contribution in [0.5, 0.6) is 5.75 Å². The number of ether oxygens (including phenoxy) is 1. The molecular weight excluding hydrogens is 362 g/mol. The molecule has 1 fully saturated rings. The van der Waals surface area contributed by atoms with Crippen molar-refractivity contribution in [3.05, 3.63) is 28.8 Å². The van der Waals surface area contributed by atoms with Crippen LogP contribution < -0.4 is 4.74 Å². The number of nitrogens with zero attached hydrogens (tertiary/aromatic N) is 1. The molecule has 0 radical (unpaired) electrons. The van der Waals surface area contributed by atoms with Gasteiger partial charge in [0.15, 0.2) is 0 Å². The summed E-state index contributed by atoms with van der Waals surface area (Å²) in [6.45, 7) is 8.47. The molecule has 1 aliphatic heterocycles. The van der Waals surface area contributed by atoms with E-state index in [4.69, 9.17) is 16.3 Å². The van der Waals surface area contributed by atoms with E-state index in [0.717, 1.165) is 18.9 Å². The Bertz CT molecular complexity index is 570. The fourth-order valence-electron chi connectivity index (χ4n) is 3.35. The number of halogens is 5. The van der Waals surface area contributed by atoms with Crippen molar-refractivity contribution in [1.82, 2.24) is 4.90 Å². The Kier molecular flexibility index (Phi) is 6.17. The molecule has 2 nitrogen and oxygen atoms in total. The Morgan fingerprint density at radius 1 is 1.12 bits per heavy atom. The van der Waals surface area contributed by atoms with Crippen LogP contribution in [0.4, 0.5) is 13.2 Å². The van der Waals surface area contributed by atoms with Gasteiger partial charge in [0.25, 0.3) is 0 Å². The van der Waals surface area contributed by atoms with Crippen molar-refractivity contribution in [2.45, 2.75) is 63.9 Å². The molecule has 1 saturated heterocycles. The molecule has 0 unspecified atom stereocenters. The molecule has 0 aliphatic carbocycles. The maximum Gasteiger partial charge on any atom is 0.417 e. The van der Waals surface area contributed by atoms with Crippen molar-refractivity contribution in [2.24, 2.45) is 0 Å². The van der Waals surface area contributed by atoms with E-state index in [1.165, 1.54) is 12.1 Å². The molecular formula is C17H24Cl2F3NO. The van der Waals surface area contributed by atoms with Crippen molar-refractivity contribution >= 4 is 24.0 Å². The van der Waals surface area contributed by atoms with Crippen molar-refractivity contribution in [3.8, 4) is 5.75 Å². The van der Waals surface area contributed by atoms with Gasteiger partial charge in [-0.05, 0) is 52.9 Å². The molecule has 24 heavy (non-hydrogen) atoms. The fourth-order valence-corrected chi connectivity index (χ4v) is 3.58. The molecule has 138 valence electrons. The zero-order valence-corrected chi connectivity index (χ0v) is 16.1. The molecule has 0 saturated carbocycles. The average molecular weight is 386 g/mol. The monoisotopic (exact) mass is 385 g/mol. The minimum absolute atomic E-state index is 0. The summed E-state index contributed by atoms with van der Waals surface area (Å²) >= 11 is 5.65. The Morgan fingerprint density at radius 3 is 2.08 bits per heavy atom. The first-order chi connectivity index (χ1) is 10.3. The molecule has 0 N–H and O–H groups in total. The van der Waals surface area contributed by atoms with Gasteiger partial charge in [-0.25, -0.2) is 0 Å². The molecule has 0 bridgehead atoms. The van der Waals surface area contributed by atoms with E-state index in [2.05, 4.69) is 39.6 Å². The smallest absolute Gasteiger partial charge is 0.417 e. The average Bonchev–Trinajstić information content (AvgIpc) is 2.36. The van der Waals surface area contributed by atoms with Gasteiger partial charge < -0.3 is 4.74 Å². The topological polar surface area (TPSA) is 12.5 Å². The van der Waals surface area contributed by atoms with Crippen LogP contribution in [0.2, 0.25) is 5.02 Å². The Hall–Kier alpha value is -0.650. The lowest BCUT2D eigenvalue weighted by atomic mass is 9.79. The van der Waals surface area contributed by atoms with Gasteiger partial charge in [-0.1, -0.05) is 11.6 Å². The molecule has 1 aromatic rings. The highest BCUT2D eigenvalue weighted by Gasteiger charge is 2.44. The van der Waals surface area contributed by atoms with E-state index in [9.17, 15) is 13.2 Å². The van der Waals surface area contributed by atoms with E-state index in [-0.39, 0.29) is 40.4 Å². The largest absolute Gasteiger partial charge is 0.490 e. The highest BCUT2D eigenvalue weighted by atomic mass is 35.5. The van der Waals surface area contributed by atoms with Crippen LogP contribution in [-0.2, 0) is 6.18 Å². The third-order valence-corrected chi connectivity index (χ3v) is 5.15. The molecule has 0 aromatic heterocycles. The minimum Gasteiger partial charge on any atom is -0.490 e. The van der Waals surface area contributed by atoms with E-state index in [0.29, 0.717) is 0 Å². The number of rotatable bonds is 2. The van der Waals surface area contributed by atoms with Crippen LogP contribution in [0.25, 0.3) is 0 Å². The van der Waals surface area contributed by atoms with E-state index in [1.807, 2.05) is 0 Å². The summed E-state index contributed by atoms with van der Waals surface area (Å²) in [5, 5.41) is -0.311. The molecule has 0 atom stereocenters. The standard InChI is InChI=1S/C17H23ClF3NO.ClH/c1-15(2)9-12(10-16(3,4)22(15)5)23-11-6-7-14(18)13(8-11)17(19,20)21;/h6-8,12H,9-10H2,1-5H3;1H. The maximum absolute atomic E-state index is 13.0. The third-order valence-electron chi connectivity index (χ3n) is 4.82. The number of alkyl halides is 3. The van der Waals surface area contributed by atoms with Gasteiger partial charge in [0, 0.05) is 23.9 Å². The van der Waals surface area contributed by atoms with Crippen molar-refractivity contribution < 1.29 is 17.9 Å². The van der Waals surface area contributed by atoms with Crippen LogP contribution in [0.1, 0.15) is 46.1 Å². The second kappa shape index (κ2) is 6.93. The first-order valence-electron chi connectivity index (χ1n) is 7.60. The van der Waals surface area contributed by atoms with E-state index in [1.54, 1.807) is 0 Å². The second-order valence-electron chi connectivity index (χ2n) is 7.47. The number of piperidine rings is 1. The predicted molar refractivity (Wildman–Crippen MR) is 93.3 cm³/mol. The van der Waals surface area contributed by atoms with Crippen molar-refractivity contribution in [2.75, 3.05) is 7.05 Å². The minimum atomic E-state index is -4.48. The second-order valence-corrected chi connectivity index (χ2v) is 7.88. The molecule has 2 rings (SSSR count). The fraction of sp³-hybridized carbons (Fsp3) is 0.647. The normalized spacial score (nSPS) is 21.2. The summed E-state index contributed by atoms with van der Waals surface area (Å²) in [7, 11) is 2.07. The highest BCUT2D eigenvalue weighted by molar-refractivity contribution is 6.31. The maximum atomic E-state index is 13.0. The van der Waals surface area contributed by atoms with Crippen LogP contribution in [-0.4, -0.2) is 29.1 Å². The molecule has 0 spiro atoms. The van der Waals surface area contributed by atoms with Gasteiger partial charge in [-0.3, -0.25) is 4.90 Å². The predicted octanol–water partition coefficient (Wildman–Crippen LogP) is 5.81. The Labute approximate surface area is 152 Å². The summed E-state index contributed by atoms with van der Waals surface area (Å²) in [5.41, 5.74) is -1.04. The van der Waals surface area contributed by atoms with Crippen LogP contribution in [0, 0.1) is 0 Å². The molecule has 1 aromatic carbocycles. The summed E-state index contributed by atoms with van der Waals surface area (Å²) in [6.07, 6.45) is -3.13. The van der Waals surface area contributed by atoms with Gasteiger partial charge in [0.1, 0.15) is 11.9 Å². The lowest BCUT2D eigenvalue weighted by molar-refractivity contribution is -0.137. The SMILES string of the molecule is CN1C(C)(C)CC(Oc2ccc(Cl)c(C(F)(F)F)c2)CC1(C)C.Cl. The van der Waals surface area contributed by atoms with Gasteiger partial charge in [0.2, 0.25) is 0 Å². The summed E-state index contributed by atoms with van der Waals surface area (Å²) in [4.78, 5) is 2.29. The third kappa shape index (κ3) is 4.50. The van der Waals surface area contributed by atoms with Gasteiger partial charge in [0.05, 0.1) is 10.6 Å². The molecule has 0 amide bonds. The number of likely N-dealkylation sites (tertiary alicyclic amines) is 1. The highest BCUT2D eigenvalue weighted by Crippen LogP contribution is 2.40. The van der Waals surface area contributed by atoms with Gasteiger partial charge in [-0.15, -0.1) is 12.4 Å². The first kappa shape index (κ1) is 21.4. The zero-order valence-electron chi connectivity index (χ0n) is 14.5. The molecule has 7 heteroatoms. The van der Waals surface area contributed by atoms with Crippen molar-refractivity contribution in [3.63, 3.8) is 0 Å². The van der Waals surface area contributed by atoms with E-state index < -0.39 is 11.7 Å². The Balaban J connectivity index is 0.00000288.